The highest BCUT2D eigenvalue weighted by Crippen LogP contribution is 2.34. The standard InChI is InChI=1S/C22H16ClN5O6S/c1-34-20-5-3-2-4-18(20)26-17-9-7-14(27(30)31)11-16(17)25-22(26)35-12-21(29)24-15-8-6-13(23)10-19(15)28(32)33/h2-11H,12H2,1H3,(H,24,29). The molecule has 1 heterocycles. The Morgan fingerprint density at radius 2 is 1.89 bits per heavy atom. The van der Waals surface area contributed by atoms with Crippen molar-refractivity contribution in [1.82, 2.24) is 9.55 Å². The lowest BCUT2D eigenvalue weighted by atomic mass is 10.2. The molecular formula is C22H16ClN5O6S. The largest absolute Gasteiger partial charge is 0.495 e. The summed E-state index contributed by atoms with van der Waals surface area (Å²) in [6.45, 7) is 0. The average molecular weight is 514 g/mol. The van der Waals surface area contributed by atoms with Crippen molar-refractivity contribution >= 4 is 57.4 Å². The third kappa shape index (κ3) is 5.03. The minimum Gasteiger partial charge on any atom is -0.495 e. The molecule has 0 saturated carbocycles. The number of ether oxygens (including phenoxy) is 1. The van der Waals surface area contributed by atoms with Crippen LogP contribution in [0.2, 0.25) is 5.02 Å². The van der Waals surface area contributed by atoms with Crippen molar-refractivity contribution in [3.05, 3.63) is 85.9 Å². The Balaban J connectivity index is 1.68. The number of nitrogens with zero attached hydrogens (tertiary/aromatic N) is 4. The van der Waals surface area contributed by atoms with Crippen molar-refractivity contribution in [2.75, 3.05) is 18.2 Å². The van der Waals surface area contributed by atoms with Crippen LogP contribution in [0.5, 0.6) is 5.75 Å². The number of hydrogen-bond donors (Lipinski definition) is 1. The van der Waals surface area contributed by atoms with Crippen LogP contribution in [0.25, 0.3) is 16.7 Å². The maximum Gasteiger partial charge on any atom is 0.294 e. The van der Waals surface area contributed by atoms with Gasteiger partial charge in [0, 0.05) is 23.2 Å². The van der Waals surface area contributed by atoms with Crippen LogP contribution in [0.3, 0.4) is 0 Å². The Labute approximate surface area is 207 Å². The van der Waals surface area contributed by atoms with Crippen LogP contribution in [0.15, 0.2) is 65.8 Å². The number of amides is 1. The van der Waals surface area contributed by atoms with E-state index in [4.69, 9.17) is 16.3 Å². The van der Waals surface area contributed by atoms with Crippen molar-refractivity contribution in [2.24, 2.45) is 0 Å². The minimum atomic E-state index is -0.636. The van der Waals surface area contributed by atoms with Gasteiger partial charge in [-0.1, -0.05) is 35.5 Å². The Morgan fingerprint density at radius 3 is 2.60 bits per heavy atom. The van der Waals surface area contributed by atoms with E-state index >= 15 is 0 Å². The first kappa shape index (κ1) is 24.0. The highest BCUT2D eigenvalue weighted by Gasteiger charge is 2.21. The number of thioether (sulfide) groups is 1. The molecule has 0 fully saturated rings. The predicted octanol–water partition coefficient (Wildman–Crippen LogP) is 5.23. The van der Waals surface area contributed by atoms with Crippen LogP contribution in [-0.4, -0.2) is 38.2 Å². The van der Waals surface area contributed by atoms with Gasteiger partial charge in [-0.2, -0.15) is 0 Å². The molecule has 178 valence electrons. The zero-order chi connectivity index (χ0) is 25.1. The number of aromatic nitrogens is 2. The van der Waals surface area contributed by atoms with Crippen molar-refractivity contribution in [3.63, 3.8) is 0 Å². The highest BCUT2D eigenvalue weighted by molar-refractivity contribution is 7.99. The summed E-state index contributed by atoms with van der Waals surface area (Å²) in [6, 6.07) is 15.4. The van der Waals surface area contributed by atoms with E-state index in [-0.39, 0.29) is 27.8 Å². The molecule has 1 aromatic heterocycles. The monoisotopic (exact) mass is 513 g/mol. The van der Waals surface area contributed by atoms with E-state index in [1.54, 1.807) is 34.9 Å². The van der Waals surface area contributed by atoms with Gasteiger partial charge >= 0.3 is 0 Å². The normalized spacial score (nSPS) is 10.8. The van der Waals surface area contributed by atoms with Gasteiger partial charge in [0.05, 0.1) is 39.4 Å². The number of rotatable bonds is 8. The first-order valence-corrected chi connectivity index (χ1v) is 11.3. The summed E-state index contributed by atoms with van der Waals surface area (Å²) in [5.41, 5.74) is 1.13. The highest BCUT2D eigenvalue weighted by atomic mass is 35.5. The third-order valence-corrected chi connectivity index (χ3v) is 6.08. The van der Waals surface area contributed by atoms with Crippen molar-refractivity contribution in [2.45, 2.75) is 5.16 Å². The fourth-order valence-electron chi connectivity index (χ4n) is 3.38. The van der Waals surface area contributed by atoms with Crippen LogP contribution in [0, 0.1) is 20.2 Å². The van der Waals surface area contributed by atoms with Gasteiger partial charge in [-0.05, 0) is 30.3 Å². The quantitative estimate of drug-likeness (QED) is 0.191. The molecule has 3 aromatic carbocycles. The number of carbonyl (C=O) groups excluding carboxylic acids is 1. The van der Waals surface area contributed by atoms with Crippen LogP contribution < -0.4 is 10.1 Å². The van der Waals surface area contributed by atoms with E-state index in [0.29, 0.717) is 27.6 Å². The topological polar surface area (TPSA) is 142 Å². The molecule has 4 aromatic rings. The summed E-state index contributed by atoms with van der Waals surface area (Å²) < 4.78 is 7.20. The number of methoxy groups -OCH3 is 1. The smallest absolute Gasteiger partial charge is 0.294 e. The van der Waals surface area contributed by atoms with Gasteiger partial charge in [-0.25, -0.2) is 4.98 Å². The maximum absolute atomic E-state index is 12.6. The minimum absolute atomic E-state index is 0.0128. The molecule has 11 nitrogen and oxygen atoms in total. The van der Waals surface area contributed by atoms with Gasteiger partial charge in [0.2, 0.25) is 5.91 Å². The second kappa shape index (κ2) is 9.99. The fraction of sp³-hybridized carbons (Fsp3) is 0.0909. The molecule has 1 N–H and O–H groups in total. The summed E-state index contributed by atoms with van der Waals surface area (Å²) in [4.78, 5) is 38.5. The number of hydrogen-bond acceptors (Lipinski definition) is 8. The number of halogens is 1. The number of para-hydroxylation sites is 2. The summed E-state index contributed by atoms with van der Waals surface area (Å²) in [7, 11) is 1.52. The van der Waals surface area contributed by atoms with Crippen LogP contribution in [-0.2, 0) is 4.79 Å². The van der Waals surface area contributed by atoms with Crippen LogP contribution in [0.4, 0.5) is 17.1 Å². The molecule has 0 radical (unpaired) electrons. The first-order chi connectivity index (χ1) is 16.8. The molecule has 0 aliphatic carbocycles. The number of anilines is 1. The van der Waals surface area contributed by atoms with Gasteiger partial charge < -0.3 is 10.1 Å². The van der Waals surface area contributed by atoms with Crippen molar-refractivity contribution in [3.8, 4) is 11.4 Å². The Morgan fingerprint density at radius 1 is 1.11 bits per heavy atom. The van der Waals surface area contributed by atoms with Gasteiger partial charge in [0.15, 0.2) is 5.16 Å². The number of benzene rings is 3. The number of imidazole rings is 1. The molecule has 0 aliphatic rings. The molecule has 0 aliphatic heterocycles. The lowest BCUT2D eigenvalue weighted by Crippen LogP contribution is -2.15. The molecule has 0 atom stereocenters. The number of nitro benzene ring substituents is 2. The average Bonchev–Trinajstić information content (AvgIpc) is 3.21. The zero-order valence-corrected chi connectivity index (χ0v) is 19.6. The number of nitro groups is 2. The van der Waals surface area contributed by atoms with Crippen LogP contribution >= 0.6 is 23.4 Å². The zero-order valence-electron chi connectivity index (χ0n) is 18.0. The number of fused-ring (bicyclic) bond motifs is 1. The number of non-ortho nitro benzene ring substituents is 1. The Kier molecular flexibility index (Phi) is 6.85. The first-order valence-electron chi connectivity index (χ1n) is 9.95. The lowest BCUT2D eigenvalue weighted by Gasteiger charge is -2.13. The molecule has 13 heteroatoms. The van der Waals surface area contributed by atoms with Gasteiger partial charge in [0.25, 0.3) is 11.4 Å². The van der Waals surface area contributed by atoms with E-state index in [9.17, 15) is 25.0 Å². The summed E-state index contributed by atoms with van der Waals surface area (Å²) in [5.74, 6) is -0.112. The van der Waals surface area contributed by atoms with Crippen LogP contribution in [0.1, 0.15) is 0 Å². The van der Waals surface area contributed by atoms with Crippen molar-refractivity contribution in [1.29, 1.82) is 0 Å². The molecular weight excluding hydrogens is 498 g/mol. The third-order valence-electron chi connectivity index (χ3n) is 4.91. The second-order valence-corrected chi connectivity index (χ2v) is 8.47. The van der Waals surface area contributed by atoms with Gasteiger partial charge in [0.1, 0.15) is 11.4 Å². The van der Waals surface area contributed by atoms with Gasteiger partial charge in [-0.15, -0.1) is 0 Å². The molecule has 4 rings (SSSR count). The number of carbonyl (C=O) groups is 1. The maximum atomic E-state index is 12.6. The van der Waals surface area contributed by atoms with E-state index in [2.05, 4.69) is 10.3 Å². The van der Waals surface area contributed by atoms with E-state index < -0.39 is 15.8 Å². The fourth-order valence-corrected chi connectivity index (χ4v) is 4.37. The summed E-state index contributed by atoms with van der Waals surface area (Å²) in [5, 5.41) is 25.6. The van der Waals surface area contributed by atoms with E-state index in [0.717, 1.165) is 17.8 Å². The molecule has 0 bridgehead atoms. The summed E-state index contributed by atoms with van der Waals surface area (Å²) >= 11 is 6.89. The molecule has 1 amide bonds. The Hall–Kier alpha value is -4.16. The van der Waals surface area contributed by atoms with Gasteiger partial charge in [-0.3, -0.25) is 29.6 Å². The molecule has 35 heavy (non-hydrogen) atoms. The molecule has 0 unspecified atom stereocenters. The second-order valence-electron chi connectivity index (χ2n) is 7.09. The van der Waals surface area contributed by atoms with Crippen molar-refractivity contribution < 1.29 is 19.4 Å². The SMILES string of the molecule is COc1ccccc1-n1c(SCC(=O)Nc2ccc(Cl)cc2[N+](=O)[O-])nc2cc([N+](=O)[O-])ccc21. The predicted molar refractivity (Wildman–Crippen MR) is 132 cm³/mol. The van der Waals surface area contributed by atoms with E-state index in [1.807, 2.05) is 0 Å². The number of nitrogens with one attached hydrogen (secondary N) is 1. The molecule has 0 spiro atoms. The van der Waals surface area contributed by atoms with E-state index in [1.165, 1.54) is 31.4 Å². The summed E-state index contributed by atoms with van der Waals surface area (Å²) in [6.07, 6.45) is 0. The Bertz CT molecular complexity index is 1470. The molecule has 0 saturated heterocycles. The lowest BCUT2D eigenvalue weighted by molar-refractivity contribution is -0.384.